The number of carbonyl (C=O) groups is 1. The normalized spacial score (nSPS) is 14.2. The highest BCUT2D eigenvalue weighted by molar-refractivity contribution is 5.83. The second kappa shape index (κ2) is 6.25. The third-order valence-electron chi connectivity index (χ3n) is 2.25. The summed E-state index contributed by atoms with van der Waals surface area (Å²) >= 11 is 0. The Morgan fingerprint density at radius 2 is 2.06 bits per heavy atom. The van der Waals surface area contributed by atoms with E-state index >= 15 is 0 Å². The van der Waals surface area contributed by atoms with Gasteiger partial charge < -0.3 is 15.8 Å². The number of nitrogens with one attached hydrogen (secondary N) is 1. The molecule has 0 spiro atoms. The molecule has 0 bridgehead atoms. The Balaban J connectivity index is 2.55. The van der Waals surface area contributed by atoms with Crippen molar-refractivity contribution < 1.29 is 9.53 Å². The van der Waals surface area contributed by atoms with E-state index in [0.717, 1.165) is 5.56 Å². The monoisotopic (exact) mass is 222 g/mol. The summed E-state index contributed by atoms with van der Waals surface area (Å²) in [5, 5.41) is 2.79. The lowest BCUT2D eigenvalue weighted by Crippen LogP contribution is -2.41. The predicted octanol–water partition coefficient (Wildman–Crippen LogP) is 0.838. The molecule has 0 saturated heterocycles. The van der Waals surface area contributed by atoms with Crippen LogP contribution in [0.4, 0.5) is 0 Å². The third kappa shape index (κ3) is 3.64. The average Bonchev–Trinajstić information content (AvgIpc) is 2.29. The number of rotatable bonds is 5. The van der Waals surface area contributed by atoms with Gasteiger partial charge in [0.15, 0.2) is 0 Å². The van der Waals surface area contributed by atoms with E-state index in [1.54, 1.807) is 7.11 Å². The Morgan fingerprint density at radius 1 is 1.44 bits per heavy atom. The highest BCUT2D eigenvalue weighted by Crippen LogP contribution is 2.09. The Labute approximate surface area is 95.8 Å². The first kappa shape index (κ1) is 12.7. The number of amides is 1. The minimum atomic E-state index is -0.625. The molecule has 0 aliphatic carbocycles. The first-order valence-corrected chi connectivity index (χ1v) is 5.25. The minimum absolute atomic E-state index is 0.0349. The van der Waals surface area contributed by atoms with Crippen molar-refractivity contribution in [2.24, 2.45) is 5.73 Å². The summed E-state index contributed by atoms with van der Waals surface area (Å²) in [6.45, 7) is 2.35. The molecule has 0 aromatic heterocycles. The van der Waals surface area contributed by atoms with Crippen molar-refractivity contribution in [1.29, 1.82) is 0 Å². The molecule has 88 valence electrons. The van der Waals surface area contributed by atoms with Crippen molar-refractivity contribution in [1.82, 2.24) is 5.32 Å². The highest BCUT2D eigenvalue weighted by atomic mass is 16.5. The first-order valence-electron chi connectivity index (χ1n) is 5.25. The smallest absolute Gasteiger partial charge is 0.241 e. The van der Waals surface area contributed by atoms with E-state index < -0.39 is 6.04 Å². The number of ether oxygens (including phenoxy) is 1. The number of carbonyl (C=O) groups excluding carboxylic acids is 1. The molecule has 4 nitrogen and oxygen atoms in total. The van der Waals surface area contributed by atoms with Gasteiger partial charge in [0.2, 0.25) is 5.91 Å². The van der Waals surface area contributed by atoms with Crippen LogP contribution in [0, 0.1) is 0 Å². The van der Waals surface area contributed by atoms with Crippen molar-refractivity contribution in [2.45, 2.75) is 19.0 Å². The van der Waals surface area contributed by atoms with Gasteiger partial charge in [-0.1, -0.05) is 30.3 Å². The van der Waals surface area contributed by atoms with Crippen LogP contribution in [-0.2, 0) is 9.53 Å². The number of hydrogen-bond donors (Lipinski definition) is 2. The molecule has 0 radical (unpaired) electrons. The fourth-order valence-electron chi connectivity index (χ4n) is 1.44. The van der Waals surface area contributed by atoms with E-state index in [-0.39, 0.29) is 11.9 Å². The number of benzene rings is 1. The van der Waals surface area contributed by atoms with Crippen LogP contribution >= 0.6 is 0 Å². The van der Waals surface area contributed by atoms with E-state index in [0.29, 0.717) is 6.61 Å². The van der Waals surface area contributed by atoms with E-state index in [9.17, 15) is 4.79 Å². The minimum Gasteiger partial charge on any atom is -0.383 e. The first-order chi connectivity index (χ1) is 7.65. The van der Waals surface area contributed by atoms with Crippen LogP contribution in [0.2, 0.25) is 0 Å². The van der Waals surface area contributed by atoms with Gasteiger partial charge in [-0.05, 0) is 12.5 Å². The summed E-state index contributed by atoms with van der Waals surface area (Å²) in [7, 11) is 1.60. The largest absolute Gasteiger partial charge is 0.383 e. The van der Waals surface area contributed by atoms with Crippen LogP contribution in [-0.4, -0.2) is 25.7 Å². The lowest BCUT2D eigenvalue weighted by Gasteiger charge is -2.17. The Bertz CT molecular complexity index is 327. The van der Waals surface area contributed by atoms with Crippen molar-refractivity contribution in [3.63, 3.8) is 0 Å². The molecular formula is C12H18N2O2. The summed E-state index contributed by atoms with van der Waals surface area (Å²) in [5.41, 5.74) is 6.64. The quantitative estimate of drug-likeness (QED) is 0.776. The maximum Gasteiger partial charge on any atom is 0.241 e. The van der Waals surface area contributed by atoms with Gasteiger partial charge in [-0.25, -0.2) is 0 Å². The van der Waals surface area contributed by atoms with Gasteiger partial charge in [-0.2, -0.15) is 0 Å². The highest BCUT2D eigenvalue weighted by Gasteiger charge is 2.16. The van der Waals surface area contributed by atoms with Gasteiger partial charge in [-0.3, -0.25) is 4.79 Å². The van der Waals surface area contributed by atoms with Gasteiger partial charge in [0, 0.05) is 13.2 Å². The van der Waals surface area contributed by atoms with Crippen LogP contribution in [0.25, 0.3) is 0 Å². The average molecular weight is 222 g/mol. The van der Waals surface area contributed by atoms with Gasteiger partial charge in [0.25, 0.3) is 0 Å². The Hall–Kier alpha value is -1.39. The van der Waals surface area contributed by atoms with Crippen molar-refractivity contribution in [2.75, 3.05) is 13.7 Å². The Kier molecular flexibility index (Phi) is 4.95. The molecular weight excluding hydrogens is 204 g/mol. The number of hydrogen-bond acceptors (Lipinski definition) is 3. The number of nitrogens with two attached hydrogens (primary N) is 1. The zero-order chi connectivity index (χ0) is 12.0. The molecule has 1 unspecified atom stereocenters. The lowest BCUT2D eigenvalue weighted by molar-refractivity contribution is -0.123. The van der Waals surface area contributed by atoms with Crippen LogP contribution in [0.15, 0.2) is 30.3 Å². The molecule has 3 N–H and O–H groups in total. The molecule has 0 heterocycles. The second-order valence-corrected chi connectivity index (χ2v) is 3.75. The molecule has 1 aromatic carbocycles. The molecule has 4 heteroatoms. The molecule has 0 fully saturated rings. The lowest BCUT2D eigenvalue weighted by atomic mass is 10.1. The van der Waals surface area contributed by atoms with Crippen molar-refractivity contribution in [3.05, 3.63) is 35.9 Å². The fraction of sp³-hybridized carbons (Fsp3) is 0.417. The van der Waals surface area contributed by atoms with Gasteiger partial charge in [0.1, 0.15) is 6.04 Å². The zero-order valence-corrected chi connectivity index (χ0v) is 9.64. The van der Waals surface area contributed by atoms with E-state index in [2.05, 4.69) is 5.32 Å². The van der Waals surface area contributed by atoms with Crippen LogP contribution in [0.1, 0.15) is 18.5 Å². The second-order valence-electron chi connectivity index (χ2n) is 3.75. The number of methoxy groups -OCH3 is 1. The third-order valence-corrected chi connectivity index (χ3v) is 2.25. The van der Waals surface area contributed by atoms with Crippen molar-refractivity contribution in [3.8, 4) is 0 Å². The maximum atomic E-state index is 11.7. The van der Waals surface area contributed by atoms with Gasteiger partial charge >= 0.3 is 0 Å². The standard InChI is InChI=1S/C12H18N2O2/c1-9(8-16-2)14-12(15)11(13)10-6-4-3-5-7-10/h3-7,9,11H,8,13H2,1-2H3,(H,14,15)/t9?,11-/m0/s1. The summed E-state index contributed by atoms with van der Waals surface area (Å²) in [6, 6.07) is 8.63. The van der Waals surface area contributed by atoms with E-state index in [1.807, 2.05) is 37.3 Å². The molecule has 0 saturated carbocycles. The maximum absolute atomic E-state index is 11.7. The molecule has 0 aliphatic heterocycles. The van der Waals surface area contributed by atoms with Crippen LogP contribution < -0.4 is 11.1 Å². The van der Waals surface area contributed by atoms with Gasteiger partial charge in [-0.15, -0.1) is 0 Å². The van der Waals surface area contributed by atoms with Crippen molar-refractivity contribution >= 4 is 5.91 Å². The fourth-order valence-corrected chi connectivity index (χ4v) is 1.44. The molecule has 16 heavy (non-hydrogen) atoms. The molecule has 2 atom stereocenters. The summed E-state index contributed by atoms with van der Waals surface area (Å²) in [4.78, 5) is 11.7. The zero-order valence-electron chi connectivity index (χ0n) is 9.64. The molecule has 1 rings (SSSR count). The predicted molar refractivity (Wildman–Crippen MR) is 62.9 cm³/mol. The van der Waals surface area contributed by atoms with Crippen LogP contribution in [0.3, 0.4) is 0 Å². The Morgan fingerprint density at radius 3 is 2.62 bits per heavy atom. The van der Waals surface area contributed by atoms with E-state index in [4.69, 9.17) is 10.5 Å². The molecule has 0 aliphatic rings. The summed E-state index contributed by atoms with van der Waals surface area (Å²) in [5.74, 6) is -0.184. The molecule has 1 amide bonds. The topological polar surface area (TPSA) is 64.3 Å². The van der Waals surface area contributed by atoms with Crippen LogP contribution in [0.5, 0.6) is 0 Å². The van der Waals surface area contributed by atoms with E-state index in [1.165, 1.54) is 0 Å². The molecule has 1 aromatic rings. The summed E-state index contributed by atoms with van der Waals surface area (Å²) in [6.07, 6.45) is 0. The summed E-state index contributed by atoms with van der Waals surface area (Å²) < 4.78 is 4.93. The SMILES string of the molecule is COCC(C)NC(=O)[C@@H](N)c1ccccc1. The van der Waals surface area contributed by atoms with Gasteiger partial charge in [0.05, 0.1) is 6.61 Å².